The highest BCUT2D eigenvalue weighted by Gasteiger charge is 2.17. The number of anilines is 1. The first kappa shape index (κ1) is 21.5. The van der Waals surface area contributed by atoms with Gasteiger partial charge in [-0.25, -0.2) is 13.8 Å². The minimum atomic E-state index is -2.31. The van der Waals surface area contributed by atoms with Gasteiger partial charge in [-0.3, -0.25) is 4.79 Å². The van der Waals surface area contributed by atoms with Crippen molar-refractivity contribution in [1.29, 1.82) is 0 Å². The van der Waals surface area contributed by atoms with E-state index in [-0.39, 0.29) is 12.3 Å². The second-order valence-electron chi connectivity index (χ2n) is 7.44. The second-order valence-corrected chi connectivity index (χ2v) is 7.44. The van der Waals surface area contributed by atoms with Crippen molar-refractivity contribution in [2.75, 3.05) is 11.9 Å². The number of aryl methyl sites for hydroxylation is 2. The molecule has 7 heteroatoms. The van der Waals surface area contributed by atoms with Crippen LogP contribution in [0.15, 0.2) is 12.1 Å². The number of hydrogen-bond acceptors (Lipinski definition) is 4. The topological polar surface area (TPSA) is 88.2 Å². The number of carboxylic acids is 1. The van der Waals surface area contributed by atoms with Gasteiger partial charge in [-0.1, -0.05) is 18.9 Å². The van der Waals surface area contributed by atoms with Crippen molar-refractivity contribution in [3.63, 3.8) is 0 Å². The number of rotatable bonds is 12. The Bertz CT molecular complexity index is 599. The molecule has 5 nitrogen and oxygen atoms in total. The SMILES string of the molecule is N[C@@H](CCC(CCCCc1ccc2c(n1)NCCC2)CCC(F)F)C(=O)O. The van der Waals surface area contributed by atoms with Gasteiger partial charge in [-0.15, -0.1) is 0 Å². The van der Waals surface area contributed by atoms with Crippen LogP contribution < -0.4 is 11.1 Å². The molecule has 0 fully saturated rings. The lowest BCUT2D eigenvalue weighted by Crippen LogP contribution is -2.30. The van der Waals surface area contributed by atoms with E-state index in [9.17, 15) is 13.6 Å². The number of alkyl halides is 2. The van der Waals surface area contributed by atoms with Crippen LogP contribution in [0.25, 0.3) is 0 Å². The maximum absolute atomic E-state index is 12.5. The largest absolute Gasteiger partial charge is 0.480 e. The fourth-order valence-corrected chi connectivity index (χ4v) is 3.58. The molecule has 0 aromatic carbocycles. The molecule has 2 heterocycles. The molecule has 0 saturated carbocycles. The van der Waals surface area contributed by atoms with E-state index in [2.05, 4.69) is 22.4 Å². The molecule has 0 amide bonds. The molecule has 152 valence electrons. The highest BCUT2D eigenvalue weighted by atomic mass is 19.3. The molecule has 2 rings (SSSR count). The lowest BCUT2D eigenvalue weighted by Gasteiger charge is -2.19. The maximum atomic E-state index is 12.5. The van der Waals surface area contributed by atoms with E-state index in [1.54, 1.807) is 0 Å². The van der Waals surface area contributed by atoms with Gasteiger partial charge in [-0.05, 0) is 62.5 Å². The monoisotopic (exact) mass is 383 g/mol. The highest BCUT2D eigenvalue weighted by molar-refractivity contribution is 5.72. The average Bonchev–Trinajstić information content (AvgIpc) is 2.65. The van der Waals surface area contributed by atoms with E-state index in [0.29, 0.717) is 19.3 Å². The van der Waals surface area contributed by atoms with Gasteiger partial charge in [0, 0.05) is 18.7 Å². The molecule has 0 spiro atoms. The predicted molar refractivity (Wildman–Crippen MR) is 102 cm³/mol. The van der Waals surface area contributed by atoms with E-state index < -0.39 is 18.4 Å². The molecular weight excluding hydrogens is 352 g/mol. The van der Waals surface area contributed by atoms with Crippen molar-refractivity contribution >= 4 is 11.8 Å². The van der Waals surface area contributed by atoms with Gasteiger partial charge >= 0.3 is 5.97 Å². The van der Waals surface area contributed by atoms with Gasteiger partial charge in [0.1, 0.15) is 11.9 Å². The summed E-state index contributed by atoms with van der Waals surface area (Å²) in [5, 5.41) is 12.2. The van der Waals surface area contributed by atoms with Crippen LogP contribution in [0.3, 0.4) is 0 Å². The third-order valence-electron chi connectivity index (χ3n) is 5.24. The fourth-order valence-electron chi connectivity index (χ4n) is 3.58. The van der Waals surface area contributed by atoms with Gasteiger partial charge in [0.2, 0.25) is 6.43 Å². The first-order valence-corrected chi connectivity index (χ1v) is 9.95. The number of carboxylic acid groups (broad SMARTS) is 1. The summed E-state index contributed by atoms with van der Waals surface area (Å²) in [6, 6.07) is 3.31. The predicted octanol–water partition coefficient (Wildman–Crippen LogP) is 4.01. The van der Waals surface area contributed by atoms with Crippen LogP contribution in [0, 0.1) is 5.92 Å². The molecule has 4 N–H and O–H groups in total. The average molecular weight is 383 g/mol. The van der Waals surface area contributed by atoms with Gasteiger partial charge in [0.25, 0.3) is 0 Å². The zero-order valence-corrected chi connectivity index (χ0v) is 15.8. The summed E-state index contributed by atoms with van der Waals surface area (Å²) in [6.07, 6.45) is 4.66. The zero-order valence-electron chi connectivity index (χ0n) is 15.8. The number of aliphatic carboxylic acids is 1. The van der Waals surface area contributed by atoms with Crippen LogP contribution in [-0.2, 0) is 17.6 Å². The molecule has 1 aliphatic rings. The van der Waals surface area contributed by atoms with Crippen LogP contribution in [0.4, 0.5) is 14.6 Å². The first-order valence-electron chi connectivity index (χ1n) is 9.95. The van der Waals surface area contributed by atoms with E-state index in [4.69, 9.17) is 10.8 Å². The number of nitrogens with one attached hydrogen (secondary N) is 1. The highest BCUT2D eigenvalue weighted by Crippen LogP contribution is 2.24. The Morgan fingerprint density at radius 2 is 1.96 bits per heavy atom. The molecule has 1 unspecified atom stereocenters. The zero-order chi connectivity index (χ0) is 19.6. The Morgan fingerprint density at radius 1 is 1.19 bits per heavy atom. The maximum Gasteiger partial charge on any atom is 0.320 e. The number of halogens is 2. The number of nitrogens with zero attached hydrogens (tertiary/aromatic N) is 1. The normalized spacial score (nSPS) is 15.9. The lowest BCUT2D eigenvalue weighted by atomic mass is 9.90. The number of fused-ring (bicyclic) bond motifs is 1. The molecular formula is C20H31F2N3O2. The van der Waals surface area contributed by atoms with Crippen molar-refractivity contribution in [3.8, 4) is 0 Å². The number of unbranched alkanes of at least 4 members (excludes halogenated alkanes) is 1. The molecule has 27 heavy (non-hydrogen) atoms. The van der Waals surface area contributed by atoms with Crippen LogP contribution in [-0.4, -0.2) is 35.1 Å². The van der Waals surface area contributed by atoms with E-state index in [0.717, 1.165) is 56.6 Å². The Labute approximate surface area is 159 Å². The Balaban J connectivity index is 1.75. The van der Waals surface area contributed by atoms with Gasteiger partial charge in [0.15, 0.2) is 0 Å². The van der Waals surface area contributed by atoms with E-state index in [1.807, 2.05) is 0 Å². The van der Waals surface area contributed by atoms with E-state index in [1.165, 1.54) is 5.56 Å². The lowest BCUT2D eigenvalue weighted by molar-refractivity contribution is -0.138. The minimum Gasteiger partial charge on any atom is -0.480 e. The molecule has 2 atom stereocenters. The fraction of sp³-hybridized carbons (Fsp3) is 0.700. The smallest absolute Gasteiger partial charge is 0.320 e. The standard InChI is InChI=1S/C20H31F2N3O2/c21-18(22)12-8-14(7-11-17(23)20(26)27)4-1-2-6-16-10-9-15-5-3-13-24-19(15)25-16/h9-10,14,17-18H,1-8,11-13,23H2,(H,24,25)(H,26,27)/t14?,17-/m0/s1. The number of pyridine rings is 1. The Hall–Kier alpha value is -1.76. The summed E-state index contributed by atoms with van der Waals surface area (Å²) in [7, 11) is 0. The number of hydrogen-bond donors (Lipinski definition) is 3. The van der Waals surface area contributed by atoms with Crippen molar-refractivity contribution < 1.29 is 18.7 Å². The number of nitrogens with two attached hydrogens (primary N) is 1. The Kier molecular flexibility index (Phi) is 8.91. The van der Waals surface area contributed by atoms with Crippen LogP contribution in [0.1, 0.15) is 62.6 Å². The summed E-state index contributed by atoms with van der Waals surface area (Å²) in [4.78, 5) is 15.5. The van der Waals surface area contributed by atoms with E-state index >= 15 is 0 Å². The summed E-state index contributed by atoms with van der Waals surface area (Å²) in [5.41, 5.74) is 7.87. The van der Waals surface area contributed by atoms with Gasteiger partial charge in [-0.2, -0.15) is 0 Å². The van der Waals surface area contributed by atoms with Gasteiger partial charge in [0.05, 0.1) is 0 Å². The van der Waals surface area contributed by atoms with Crippen molar-refractivity contribution in [2.24, 2.45) is 11.7 Å². The number of aromatic nitrogens is 1. The van der Waals surface area contributed by atoms with Crippen molar-refractivity contribution in [2.45, 2.75) is 76.7 Å². The molecule has 1 aromatic rings. The molecule has 0 saturated heterocycles. The first-order chi connectivity index (χ1) is 13.0. The summed E-state index contributed by atoms with van der Waals surface area (Å²) < 4.78 is 25.1. The second kappa shape index (κ2) is 11.2. The van der Waals surface area contributed by atoms with Crippen LogP contribution in [0.2, 0.25) is 0 Å². The molecule has 1 aromatic heterocycles. The van der Waals surface area contributed by atoms with Crippen molar-refractivity contribution in [3.05, 3.63) is 23.4 Å². The summed E-state index contributed by atoms with van der Waals surface area (Å²) in [5.74, 6) is 0.0634. The van der Waals surface area contributed by atoms with Crippen molar-refractivity contribution in [1.82, 2.24) is 4.98 Å². The molecule has 1 aliphatic heterocycles. The third-order valence-corrected chi connectivity index (χ3v) is 5.24. The summed E-state index contributed by atoms with van der Waals surface area (Å²) >= 11 is 0. The quantitative estimate of drug-likeness (QED) is 0.475. The molecule has 0 aliphatic carbocycles. The third kappa shape index (κ3) is 7.79. The molecule has 0 radical (unpaired) electrons. The minimum absolute atomic E-state index is 0.0996. The Morgan fingerprint density at radius 3 is 2.70 bits per heavy atom. The molecule has 0 bridgehead atoms. The summed E-state index contributed by atoms with van der Waals surface area (Å²) in [6.45, 7) is 0.966. The van der Waals surface area contributed by atoms with Gasteiger partial charge < -0.3 is 16.2 Å². The van der Waals surface area contributed by atoms with Crippen LogP contribution in [0.5, 0.6) is 0 Å². The number of carbonyl (C=O) groups is 1. The van der Waals surface area contributed by atoms with Crippen LogP contribution >= 0.6 is 0 Å².